The van der Waals surface area contributed by atoms with E-state index in [9.17, 15) is 4.39 Å². The summed E-state index contributed by atoms with van der Waals surface area (Å²) in [6.45, 7) is 10.2. The molecule has 0 aliphatic carbocycles. The van der Waals surface area contributed by atoms with Crippen molar-refractivity contribution in [2.75, 3.05) is 39.4 Å². The summed E-state index contributed by atoms with van der Waals surface area (Å²) < 4.78 is 25.6. The molecule has 3 rings (SSSR count). The third-order valence-electron chi connectivity index (χ3n) is 6.26. The summed E-state index contributed by atoms with van der Waals surface area (Å²) in [7, 11) is 0. The maximum absolute atomic E-state index is 13.7. The van der Waals surface area contributed by atoms with Crippen LogP contribution in [0.25, 0.3) is 0 Å². The predicted octanol–water partition coefficient (Wildman–Crippen LogP) is 4.51. The normalized spacial score (nSPS) is 22.2. The van der Waals surface area contributed by atoms with E-state index in [-0.39, 0.29) is 0 Å². The number of pyridine rings is 1. The van der Waals surface area contributed by atoms with E-state index in [1.165, 1.54) is 44.6 Å². The first-order valence-corrected chi connectivity index (χ1v) is 11.6. The van der Waals surface area contributed by atoms with Gasteiger partial charge in [0.05, 0.1) is 0 Å². The van der Waals surface area contributed by atoms with Gasteiger partial charge < -0.3 is 9.47 Å². The van der Waals surface area contributed by atoms with E-state index >= 15 is 0 Å². The van der Waals surface area contributed by atoms with E-state index in [2.05, 4.69) is 28.6 Å². The number of hydrogen-bond donors (Lipinski definition) is 0. The van der Waals surface area contributed by atoms with Crippen LogP contribution in [0.5, 0.6) is 11.6 Å². The Kier molecular flexibility index (Phi) is 8.99. The second kappa shape index (κ2) is 11.7. The van der Waals surface area contributed by atoms with Gasteiger partial charge in [-0.1, -0.05) is 39.5 Å². The van der Waals surface area contributed by atoms with Gasteiger partial charge in [-0.25, -0.2) is 0 Å². The van der Waals surface area contributed by atoms with Crippen LogP contribution in [-0.4, -0.2) is 66.3 Å². The molecule has 2 saturated heterocycles. The zero-order valence-corrected chi connectivity index (χ0v) is 18.2. The van der Waals surface area contributed by atoms with Crippen molar-refractivity contribution in [1.29, 1.82) is 0 Å². The fourth-order valence-electron chi connectivity index (χ4n) is 4.06. The van der Waals surface area contributed by atoms with Crippen molar-refractivity contribution in [1.82, 2.24) is 14.8 Å². The molecule has 2 fully saturated rings. The molecule has 2 aliphatic heterocycles. The van der Waals surface area contributed by atoms with Gasteiger partial charge in [0.1, 0.15) is 13.2 Å². The Morgan fingerprint density at radius 1 is 0.897 bits per heavy atom. The molecular formula is C23H38FN3O2. The minimum absolute atomic E-state index is 0.294. The molecule has 1 aromatic heterocycles. The van der Waals surface area contributed by atoms with E-state index < -0.39 is 5.95 Å². The predicted molar refractivity (Wildman–Crippen MR) is 114 cm³/mol. The molecule has 2 atom stereocenters. The number of aromatic nitrogens is 1. The highest BCUT2D eigenvalue weighted by atomic mass is 19.1. The highest BCUT2D eigenvalue weighted by molar-refractivity contribution is 5.33. The summed E-state index contributed by atoms with van der Waals surface area (Å²) in [5.41, 5.74) is 0. The van der Waals surface area contributed by atoms with E-state index in [1.807, 2.05) is 0 Å². The first-order chi connectivity index (χ1) is 14.2. The van der Waals surface area contributed by atoms with Crippen molar-refractivity contribution >= 4 is 0 Å². The molecule has 5 nitrogen and oxygen atoms in total. The van der Waals surface area contributed by atoms with Gasteiger partial charge in [-0.2, -0.15) is 9.37 Å². The molecule has 6 heteroatoms. The number of likely N-dealkylation sites (tertiary alicyclic amines) is 2. The van der Waals surface area contributed by atoms with Crippen LogP contribution >= 0.6 is 0 Å². The monoisotopic (exact) mass is 407 g/mol. The van der Waals surface area contributed by atoms with Gasteiger partial charge in [0.15, 0.2) is 5.75 Å². The van der Waals surface area contributed by atoms with Crippen LogP contribution in [0.2, 0.25) is 0 Å². The van der Waals surface area contributed by atoms with Crippen LogP contribution in [-0.2, 0) is 0 Å². The van der Waals surface area contributed by atoms with E-state index in [0.29, 0.717) is 36.9 Å². The Labute approximate surface area is 175 Å². The average molecular weight is 408 g/mol. The molecule has 3 heterocycles. The third kappa shape index (κ3) is 6.54. The van der Waals surface area contributed by atoms with Crippen LogP contribution in [0, 0.1) is 5.95 Å². The second-order valence-corrected chi connectivity index (χ2v) is 8.43. The lowest BCUT2D eigenvalue weighted by atomic mass is 10.0. The van der Waals surface area contributed by atoms with Gasteiger partial charge in [-0.05, 0) is 50.9 Å². The Morgan fingerprint density at radius 2 is 1.48 bits per heavy atom. The van der Waals surface area contributed by atoms with Gasteiger partial charge in [0.2, 0.25) is 5.95 Å². The summed E-state index contributed by atoms with van der Waals surface area (Å²) in [6, 6.07) is 3.86. The first-order valence-electron chi connectivity index (χ1n) is 11.6. The van der Waals surface area contributed by atoms with Gasteiger partial charge in [0.25, 0.3) is 5.88 Å². The molecule has 0 saturated carbocycles. The number of rotatable bonds is 14. The lowest BCUT2D eigenvalue weighted by Crippen LogP contribution is -2.51. The van der Waals surface area contributed by atoms with E-state index in [4.69, 9.17) is 9.47 Å². The minimum Gasteiger partial charge on any atom is -0.486 e. The quantitative estimate of drug-likeness (QED) is 0.335. The Bertz CT molecular complexity index is 616. The zero-order chi connectivity index (χ0) is 20.5. The van der Waals surface area contributed by atoms with Crippen molar-refractivity contribution in [2.45, 2.75) is 77.3 Å². The van der Waals surface area contributed by atoms with Crippen LogP contribution < -0.4 is 9.47 Å². The molecule has 29 heavy (non-hydrogen) atoms. The number of ether oxygens (including phenoxy) is 2. The summed E-state index contributed by atoms with van der Waals surface area (Å²) >= 11 is 0. The maximum Gasteiger partial charge on any atom is 0.259 e. The average Bonchev–Trinajstić information content (AvgIpc) is 2.68. The van der Waals surface area contributed by atoms with Crippen molar-refractivity contribution in [3.8, 4) is 11.6 Å². The second-order valence-electron chi connectivity index (χ2n) is 8.43. The fourth-order valence-corrected chi connectivity index (χ4v) is 4.06. The highest BCUT2D eigenvalue weighted by Gasteiger charge is 2.30. The molecule has 0 spiro atoms. The Balaban J connectivity index is 1.45. The highest BCUT2D eigenvalue weighted by Crippen LogP contribution is 2.28. The lowest BCUT2D eigenvalue weighted by molar-refractivity contribution is 0.0394. The third-order valence-corrected chi connectivity index (χ3v) is 6.26. The molecule has 0 aromatic carbocycles. The van der Waals surface area contributed by atoms with Crippen LogP contribution in [0.1, 0.15) is 65.2 Å². The van der Waals surface area contributed by atoms with Crippen molar-refractivity contribution in [2.24, 2.45) is 0 Å². The molecule has 0 N–H and O–H groups in total. The van der Waals surface area contributed by atoms with Gasteiger partial charge >= 0.3 is 0 Å². The number of nitrogens with zero attached hydrogens (tertiary/aromatic N) is 3. The number of unbranched alkanes of at least 4 members (excludes halogenated alkanes) is 4. The van der Waals surface area contributed by atoms with Crippen molar-refractivity contribution in [3.63, 3.8) is 0 Å². The molecule has 0 radical (unpaired) electrons. The van der Waals surface area contributed by atoms with Gasteiger partial charge in [-0.15, -0.1) is 0 Å². The van der Waals surface area contributed by atoms with Crippen LogP contribution in [0.4, 0.5) is 4.39 Å². The topological polar surface area (TPSA) is 37.8 Å². The Hall–Kier alpha value is -1.40. The zero-order valence-electron chi connectivity index (χ0n) is 18.2. The van der Waals surface area contributed by atoms with E-state index in [1.54, 1.807) is 6.07 Å². The van der Waals surface area contributed by atoms with Gasteiger partial charge in [0, 0.05) is 25.2 Å². The summed E-state index contributed by atoms with van der Waals surface area (Å²) in [5.74, 6) is 0.330. The molecule has 2 aliphatic rings. The summed E-state index contributed by atoms with van der Waals surface area (Å²) in [5, 5.41) is 0. The van der Waals surface area contributed by atoms with Crippen LogP contribution in [0.3, 0.4) is 0 Å². The SMILES string of the molecule is CCCCCN1CC[C@@H]1COc1ccc(F)nc1OC[C@H]1CCN1CCCCC. The largest absolute Gasteiger partial charge is 0.486 e. The fraction of sp³-hybridized carbons (Fsp3) is 0.783. The molecule has 0 amide bonds. The molecule has 0 bridgehead atoms. The molecule has 164 valence electrons. The van der Waals surface area contributed by atoms with Crippen molar-refractivity contribution < 1.29 is 13.9 Å². The maximum atomic E-state index is 13.7. The van der Waals surface area contributed by atoms with Crippen LogP contribution in [0.15, 0.2) is 12.1 Å². The number of halogens is 1. The first kappa shape index (κ1) is 22.3. The van der Waals surface area contributed by atoms with E-state index in [0.717, 1.165) is 39.0 Å². The van der Waals surface area contributed by atoms with Gasteiger partial charge in [-0.3, -0.25) is 9.80 Å². The minimum atomic E-state index is -0.523. The number of hydrogen-bond acceptors (Lipinski definition) is 5. The Morgan fingerprint density at radius 3 is 2.00 bits per heavy atom. The summed E-state index contributed by atoms with van der Waals surface area (Å²) in [4.78, 5) is 8.90. The molecular weight excluding hydrogens is 369 g/mol. The molecule has 1 aromatic rings. The smallest absolute Gasteiger partial charge is 0.259 e. The standard InChI is InChI=1S/C23H38FN3O2/c1-3-5-7-13-26-15-11-19(26)17-28-21-9-10-22(24)25-23(21)29-18-20-12-16-27(20)14-8-6-4-2/h9-10,19-20H,3-8,11-18H2,1-2H3/t19-,20-/m1/s1. The molecule has 0 unspecified atom stereocenters. The summed E-state index contributed by atoms with van der Waals surface area (Å²) in [6.07, 6.45) is 9.79. The van der Waals surface area contributed by atoms with Crippen molar-refractivity contribution in [3.05, 3.63) is 18.1 Å². The lowest BCUT2D eigenvalue weighted by Gasteiger charge is -2.41.